The van der Waals surface area contributed by atoms with Gasteiger partial charge in [-0.2, -0.15) is 0 Å². The maximum Gasteiger partial charge on any atom is 0.508 e. The third-order valence-corrected chi connectivity index (χ3v) is 3.78. The van der Waals surface area contributed by atoms with E-state index in [2.05, 4.69) is 17.7 Å². The quantitative estimate of drug-likeness (QED) is 0.532. The van der Waals surface area contributed by atoms with Crippen molar-refractivity contribution in [1.82, 2.24) is 0 Å². The van der Waals surface area contributed by atoms with Crippen LogP contribution in [0.15, 0.2) is 11.6 Å². The van der Waals surface area contributed by atoms with Crippen LogP contribution in [0.5, 0.6) is 0 Å². The second kappa shape index (κ2) is 4.48. The Labute approximate surface area is 96.8 Å². The lowest BCUT2D eigenvalue weighted by Gasteiger charge is -2.42. The summed E-state index contributed by atoms with van der Waals surface area (Å²) < 4.78 is 10.2. The number of fused-ring (bicyclic) bond motifs is 2. The smallest absolute Gasteiger partial charge is 0.438 e. The third-order valence-electron chi connectivity index (χ3n) is 3.78. The van der Waals surface area contributed by atoms with Crippen LogP contribution in [0.25, 0.3) is 0 Å². The van der Waals surface area contributed by atoms with Gasteiger partial charge in [-0.1, -0.05) is 18.6 Å². The highest BCUT2D eigenvalue weighted by Crippen LogP contribution is 2.45. The van der Waals surface area contributed by atoms with Crippen LogP contribution in [0, 0.1) is 5.92 Å². The average molecular weight is 224 g/mol. The average Bonchev–Trinajstić information content (AvgIpc) is 2.27. The Morgan fingerprint density at radius 1 is 1.62 bits per heavy atom. The molecule has 3 heteroatoms. The number of hydrogen-bond acceptors (Lipinski definition) is 3. The fraction of sp³-hybridized carbons (Fsp3) is 0.769. The van der Waals surface area contributed by atoms with Gasteiger partial charge in [-0.25, -0.2) is 4.79 Å². The Balaban J connectivity index is 2.14. The van der Waals surface area contributed by atoms with Crippen LogP contribution in [0.4, 0.5) is 4.79 Å². The van der Waals surface area contributed by atoms with Gasteiger partial charge in [-0.05, 0) is 38.0 Å². The van der Waals surface area contributed by atoms with E-state index in [1.54, 1.807) is 0 Å². The van der Waals surface area contributed by atoms with Gasteiger partial charge in [-0.15, -0.1) is 0 Å². The zero-order valence-corrected chi connectivity index (χ0v) is 10.1. The Kier molecular flexibility index (Phi) is 3.22. The molecule has 2 aliphatic carbocycles. The van der Waals surface area contributed by atoms with Gasteiger partial charge in [0.15, 0.2) is 0 Å². The predicted octanol–water partition coefficient (Wildman–Crippen LogP) is 3.44. The van der Waals surface area contributed by atoms with Gasteiger partial charge in [0.05, 0.1) is 7.11 Å². The molecule has 16 heavy (non-hydrogen) atoms. The van der Waals surface area contributed by atoms with Crippen LogP contribution < -0.4 is 0 Å². The highest BCUT2D eigenvalue weighted by molar-refractivity contribution is 5.60. The van der Waals surface area contributed by atoms with Crippen molar-refractivity contribution in [2.45, 2.75) is 51.0 Å². The van der Waals surface area contributed by atoms with E-state index in [1.807, 2.05) is 0 Å². The monoisotopic (exact) mass is 224 g/mol. The van der Waals surface area contributed by atoms with Gasteiger partial charge in [-0.3, -0.25) is 0 Å². The molecular weight excluding hydrogens is 204 g/mol. The van der Waals surface area contributed by atoms with E-state index in [-0.39, 0.29) is 5.60 Å². The standard InChI is InChI=1S/C13H20O3/c1-3-10-7-11-5-4-6-13(8-10,9-11)16-12(14)15-2/h7,10H,3-6,8-9H2,1-2H3. The normalized spacial score (nSPS) is 32.9. The van der Waals surface area contributed by atoms with Crippen molar-refractivity contribution in [2.24, 2.45) is 5.92 Å². The summed E-state index contributed by atoms with van der Waals surface area (Å²) >= 11 is 0. The number of carbonyl (C=O) groups is 1. The lowest BCUT2D eigenvalue weighted by Crippen LogP contribution is -2.42. The molecule has 0 spiro atoms. The summed E-state index contributed by atoms with van der Waals surface area (Å²) in [6.07, 6.45) is 8.13. The Bertz CT molecular complexity index is 308. The van der Waals surface area contributed by atoms with E-state index in [4.69, 9.17) is 4.74 Å². The number of carbonyl (C=O) groups excluding carboxylic acids is 1. The van der Waals surface area contributed by atoms with Crippen LogP contribution in [-0.4, -0.2) is 18.9 Å². The minimum Gasteiger partial charge on any atom is -0.438 e. The van der Waals surface area contributed by atoms with Crippen LogP contribution in [0.1, 0.15) is 45.4 Å². The maximum atomic E-state index is 11.3. The molecule has 0 aliphatic heterocycles. The number of allylic oxidation sites excluding steroid dienone is 1. The molecule has 1 fully saturated rings. The highest BCUT2D eigenvalue weighted by Gasteiger charge is 2.42. The zero-order valence-electron chi connectivity index (χ0n) is 10.1. The van der Waals surface area contributed by atoms with Crippen molar-refractivity contribution >= 4 is 6.16 Å². The van der Waals surface area contributed by atoms with Gasteiger partial charge in [0.2, 0.25) is 0 Å². The summed E-state index contributed by atoms with van der Waals surface area (Å²) in [4.78, 5) is 11.3. The first-order valence-electron chi connectivity index (χ1n) is 6.14. The van der Waals surface area contributed by atoms with Crippen molar-refractivity contribution in [2.75, 3.05) is 7.11 Å². The molecule has 2 bridgehead atoms. The zero-order chi connectivity index (χ0) is 11.6. The van der Waals surface area contributed by atoms with E-state index < -0.39 is 6.16 Å². The first-order valence-corrected chi connectivity index (χ1v) is 6.14. The molecule has 1 saturated carbocycles. The molecule has 2 atom stereocenters. The second-order valence-electron chi connectivity index (χ2n) is 4.97. The van der Waals surface area contributed by atoms with E-state index in [0.717, 1.165) is 32.1 Å². The van der Waals surface area contributed by atoms with Crippen molar-refractivity contribution in [3.05, 3.63) is 11.6 Å². The molecule has 0 aromatic rings. The highest BCUT2D eigenvalue weighted by atomic mass is 16.7. The van der Waals surface area contributed by atoms with E-state index >= 15 is 0 Å². The minimum absolute atomic E-state index is 0.268. The van der Waals surface area contributed by atoms with Gasteiger partial charge < -0.3 is 9.47 Å². The Morgan fingerprint density at radius 2 is 2.44 bits per heavy atom. The molecule has 0 N–H and O–H groups in total. The van der Waals surface area contributed by atoms with Crippen molar-refractivity contribution in [3.8, 4) is 0 Å². The van der Waals surface area contributed by atoms with E-state index in [9.17, 15) is 4.79 Å². The van der Waals surface area contributed by atoms with Crippen molar-refractivity contribution in [3.63, 3.8) is 0 Å². The molecule has 2 aliphatic rings. The molecule has 0 heterocycles. The maximum absolute atomic E-state index is 11.3. The summed E-state index contributed by atoms with van der Waals surface area (Å²) in [6.45, 7) is 2.19. The number of methoxy groups -OCH3 is 1. The number of rotatable bonds is 2. The van der Waals surface area contributed by atoms with Crippen LogP contribution >= 0.6 is 0 Å². The van der Waals surface area contributed by atoms with Crippen LogP contribution in [0.3, 0.4) is 0 Å². The fourth-order valence-corrected chi connectivity index (χ4v) is 3.02. The largest absolute Gasteiger partial charge is 0.508 e. The first kappa shape index (κ1) is 11.5. The van der Waals surface area contributed by atoms with Crippen molar-refractivity contribution < 1.29 is 14.3 Å². The van der Waals surface area contributed by atoms with Gasteiger partial charge in [0, 0.05) is 6.42 Å². The summed E-state index contributed by atoms with van der Waals surface area (Å²) in [7, 11) is 1.37. The fourth-order valence-electron chi connectivity index (χ4n) is 3.02. The molecule has 2 unspecified atom stereocenters. The van der Waals surface area contributed by atoms with Gasteiger partial charge in [0.1, 0.15) is 5.60 Å². The number of ether oxygens (including phenoxy) is 2. The van der Waals surface area contributed by atoms with E-state index in [0.29, 0.717) is 5.92 Å². The predicted molar refractivity (Wildman–Crippen MR) is 61.2 cm³/mol. The number of hydrogen-bond donors (Lipinski definition) is 0. The lowest BCUT2D eigenvalue weighted by molar-refractivity contribution is -0.0546. The topological polar surface area (TPSA) is 35.5 Å². The molecule has 0 amide bonds. The molecule has 0 aromatic carbocycles. The van der Waals surface area contributed by atoms with Gasteiger partial charge >= 0.3 is 6.16 Å². The second-order valence-corrected chi connectivity index (χ2v) is 4.97. The minimum atomic E-state index is -0.530. The van der Waals surface area contributed by atoms with Crippen LogP contribution in [0.2, 0.25) is 0 Å². The van der Waals surface area contributed by atoms with Crippen molar-refractivity contribution in [1.29, 1.82) is 0 Å². The summed E-state index contributed by atoms with van der Waals surface area (Å²) in [5, 5.41) is 0. The van der Waals surface area contributed by atoms with Crippen LogP contribution in [-0.2, 0) is 9.47 Å². The SMILES string of the molecule is CCC1C=C2CCCC(OC(=O)OC)(C2)C1. The first-order chi connectivity index (χ1) is 7.67. The Morgan fingerprint density at radius 3 is 3.12 bits per heavy atom. The molecule has 3 nitrogen and oxygen atoms in total. The third kappa shape index (κ3) is 2.23. The molecule has 2 rings (SSSR count). The molecule has 90 valence electrons. The Hall–Kier alpha value is -0.990. The van der Waals surface area contributed by atoms with Gasteiger partial charge in [0.25, 0.3) is 0 Å². The summed E-state index contributed by atoms with van der Waals surface area (Å²) in [6, 6.07) is 0. The summed E-state index contributed by atoms with van der Waals surface area (Å²) in [5.41, 5.74) is 1.20. The summed E-state index contributed by atoms with van der Waals surface area (Å²) in [5.74, 6) is 0.564. The molecule has 0 aromatic heterocycles. The molecule has 0 radical (unpaired) electrons. The van der Waals surface area contributed by atoms with E-state index in [1.165, 1.54) is 19.1 Å². The molecule has 0 saturated heterocycles. The molecular formula is C13H20O3. The lowest BCUT2D eigenvalue weighted by atomic mass is 9.70.